The number of halogens is 3. The van der Waals surface area contributed by atoms with Gasteiger partial charge in [0.05, 0.1) is 30.3 Å². The van der Waals surface area contributed by atoms with Gasteiger partial charge in [-0.25, -0.2) is 0 Å². The molecule has 0 bridgehead atoms. The highest BCUT2D eigenvalue weighted by Gasteiger charge is 2.44. The van der Waals surface area contributed by atoms with E-state index in [0.29, 0.717) is 51.4 Å². The molecule has 7 nitrogen and oxygen atoms in total. The number of piperazine rings is 2. The first-order valence-corrected chi connectivity index (χ1v) is 12.6. The summed E-state index contributed by atoms with van der Waals surface area (Å²) >= 11 is 0. The fourth-order valence-electron chi connectivity index (χ4n) is 5.87. The molecule has 2 fully saturated rings. The van der Waals surface area contributed by atoms with Crippen molar-refractivity contribution in [1.82, 2.24) is 9.80 Å². The van der Waals surface area contributed by atoms with Crippen molar-refractivity contribution in [2.75, 3.05) is 62.7 Å². The van der Waals surface area contributed by atoms with E-state index in [1.165, 1.54) is 13.0 Å². The maximum atomic E-state index is 13.9. The molecular weight excluding hydrogens is 485 g/mol. The molecule has 0 radical (unpaired) electrons. The summed E-state index contributed by atoms with van der Waals surface area (Å²) in [5.41, 5.74) is 1.56. The lowest BCUT2D eigenvalue weighted by molar-refractivity contribution is -0.142. The summed E-state index contributed by atoms with van der Waals surface area (Å²) in [6, 6.07) is 11.4. The first kappa shape index (κ1) is 25.2. The predicted molar refractivity (Wildman–Crippen MR) is 134 cm³/mol. The molecule has 37 heavy (non-hydrogen) atoms. The number of hydrogen-bond donors (Lipinski definition) is 0. The van der Waals surface area contributed by atoms with Crippen molar-refractivity contribution in [3.05, 3.63) is 53.6 Å². The van der Waals surface area contributed by atoms with Crippen LogP contribution in [-0.4, -0.2) is 80.6 Å². The molecule has 3 heterocycles. The summed E-state index contributed by atoms with van der Waals surface area (Å²) in [6.45, 7) is 5.05. The SMILES string of the molecule is COc1ccccc1N1CCN2c3ccc(C(F)(F)F)cc3CC(C(=O)N3CCN(C(C)=O)CC3)C2C1. The Labute approximate surface area is 214 Å². The van der Waals surface area contributed by atoms with Crippen molar-refractivity contribution in [3.8, 4) is 5.75 Å². The predicted octanol–water partition coefficient (Wildman–Crippen LogP) is 3.27. The van der Waals surface area contributed by atoms with Crippen molar-refractivity contribution in [3.63, 3.8) is 0 Å². The second kappa shape index (κ2) is 9.79. The van der Waals surface area contributed by atoms with Gasteiger partial charge < -0.3 is 24.3 Å². The fourth-order valence-corrected chi connectivity index (χ4v) is 5.87. The van der Waals surface area contributed by atoms with Crippen molar-refractivity contribution in [2.45, 2.75) is 25.6 Å². The number of hydrogen-bond acceptors (Lipinski definition) is 5. The summed E-state index contributed by atoms with van der Waals surface area (Å²) in [6.07, 6.45) is -4.21. The molecule has 0 saturated carbocycles. The number of alkyl halides is 3. The van der Waals surface area contributed by atoms with Gasteiger partial charge in [-0.1, -0.05) is 12.1 Å². The van der Waals surface area contributed by atoms with Gasteiger partial charge in [-0.05, 0) is 42.3 Å². The Bertz CT molecular complexity index is 1180. The highest BCUT2D eigenvalue weighted by molar-refractivity contribution is 5.83. The lowest BCUT2D eigenvalue weighted by atomic mass is 9.82. The number of anilines is 2. The molecule has 3 aliphatic rings. The van der Waals surface area contributed by atoms with Crippen LogP contribution in [0.15, 0.2) is 42.5 Å². The zero-order valence-electron chi connectivity index (χ0n) is 21.0. The molecule has 2 amide bonds. The standard InChI is InChI=1S/C27H31F3N4O3/c1-18(35)31-9-11-32(12-10-31)26(36)21-16-19-15-20(27(28,29)30)7-8-22(19)34-14-13-33(17-24(21)34)23-5-3-4-6-25(23)37-2/h3-8,15,21,24H,9-14,16-17H2,1-2H3. The maximum Gasteiger partial charge on any atom is 0.416 e. The highest BCUT2D eigenvalue weighted by Crippen LogP contribution is 2.41. The highest BCUT2D eigenvalue weighted by atomic mass is 19.4. The van der Waals surface area contributed by atoms with Gasteiger partial charge in [0.2, 0.25) is 11.8 Å². The van der Waals surface area contributed by atoms with E-state index in [4.69, 9.17) is 4.74 Å². The Hall–Kier alpha value is -3.43. The second-order valence-electron chi connectivity index (χ2n) is 9.86. The number of benzene rings is 2. The summed E-state index contributed by atoms with van der Waals surface area (Å²) in [4.78, 5) is 33.4. The van der Waals surface area contributed by atoms with E-state index in [9.17, 15) is 22.8 Å². The lowest BCUT2D eigenvalue weighted by Crippen LogP contribution is -2.62. The Morgan fingerprint density at radius 1 is 0.919 bits per heavy atom. The number of fused-ring (bicyclic) bond motifs is 3. The van der Waals surface area contributed by atoms with Gasteiger partial charge in [-0.2, -0.15) is 13.2 Å². The monoisotopic (exact) mass is 516 g/mol. The third-order valence-corrected chi connectivity index (χ3v) is 7.82. The van der Waals surface area contributed by atoms with Gasteiger partial charge in [0, 0.05) is 58.4 Å². The largest absolute Gasteiger partial charge is 0.495 e. The van der Waals surface area contributed by atoms with Crippen LogP contribution in [0.1, 0.15) is 18.1 Å². The minimum absolute atomic E-state index is 0.0238. The molecule has 2 aromatic carbocycles. The minimum Gasteiger partial charge on any atom is -0.495 e. The van der Waals surface area contributed by atoms with Crippen LogP contribution in [-0.2, 0) is 22.2 Å². The topological polar surface area (TPSA) is 56.3 Å². The van der Waals surface area contributed by atoms with Crippen molar-refractivity contribution < 1.29 is 27.5 Å². The summed E-state index contributed by atoms with van der Waals surface area (Å²) in [5, 5.41) is 0. The zero-order valence-corrected chi connectivity index (χ0v) is 21.0. The van der Waals surface area contributed by atoms with E-state index >= 15 is 0 Å². The van der Waals surface area contributed by atoms with Gasteiger partial charge in [-0.3, -0.25) is 9.59 Å². The summed E-state index contributed by atoms with van der Waals surface area (Å²) in [5.74, 6) is 0.148. The lowest BCUT2D eigenvalue weighted by Gasteiger charge is -2.51. The maximum absolute atomic E-state index is 13.9. The average Bonchev–Trinajstić information content (AvgIpc) is 2.91. The number of carbonyl (C=O) groups is 2. The molecule has 0 spiro atoms. The van der Waals surface area contributed by atoms with Gasteiger partial charge >= 0.3 is 6.18 Å². The number of para-hydroxylation sites is 2. The molecule has 5 rings (SSSR count). The van der Waals surface area contributed by atoms with E-state index < -0.39 is 17.7 Å². The average molecular weight is 517 g/mol. The first-order valence-electron chi connectivity index (χ1n) is 12.6. The van der Waals surface area contributed by atoms with Crippen molar-refractivity contribution in [2.24, 2.45) is 5.92 Å². The van der Waals surface area contributed by atoms with Gasteiger partial charge in [-0.15, -0.1) is 0 Å². The summed E-state index contributed by atoms with van der Waals surface area (Å²) < 4.78 is 46.1. The van der Waals surface area contributed by atoms with Crippen LogP contribution >= 0.6 is 0 Å². The van der Waals surface area contributed by atoms with Gasteiger partial charge in [0.15, 0.2) is 0 Å². The molecule has 198 valence electrons. The van der Waals surface area contributed by atoms with Crippen LogP contribution in [0.4, 0.5) is 24.5 Å². The van der Waals surface area contributed by atoms with Gasteiger partial charge in [0.1, 0.15) is 5.75 Å². The number of nitrogens with zero attached hydrogens (tertiary/aromatic N) is 4. The molecule has 2 aromatic rings. The smallest absolute Gasteiger partial charge is 0.416 e. The normalized spacial score (nSPS) is 21.9. The molecule has 0 aliphatic carbocycles. The quantitative estimate of drug-likeness (QED) is 0.627. The van der Waals surface area contributed by atoms with Crippen LogP contribution in [0.2, 0.25) is 0 Å². The number of ether oxygens (including phenoxy) is 1. The molecular formula is C27H31F3N4O3. The number of rotatable bonds is 3. The molecule has 10 heteroatoms. The number of carbonyl (C=O) groups excluding carboxylic acids is 2. The van der Waals surface area contributed by atoms with E-state index in [1.807, 2.05) is 24.3 Å². The van der Waals surface area contributed by atoms with E-state index in [1.54, 1.807) is 23.0 Å². The molecule has 2 atom stereocenters. The van der Waals surface area contributed by atoms with Crippen LogP contribution in [0, 0.1) is 5.92 Å². The second-order valence-corrected chi connectivity index (χ2v) is 9.86. The number of methoxy groups -OCH3 is 1. The van der Waals surface area contributed by atoms with E-state index in [0.717, 1.165) is 23.2 Å². The van der Waals surface area contributed by atoms with Gasteiger partial charge in [0.25, 0.3) is 0 Å². The Morgan fingerprint density at radius 2 is 1.62 bits per heavy atom. The van der Waals surface area contributed by atoms with E-state index in [2.05, 4.69) is 9.80 Å². The van der Waals surface area contributed by atoms with E-state index in [-0.39, 0.29) is 24.3 Å². The molecule has 2 unspecified atom stereocenters. The molecule has 3 aliphatic heterocycles. The molecule has 2 saturated heterocycles. The Balaban J connectivity index is 1.47. The van der Waals surface area contributed by atoms with Crippen LogP contribution in [0.25, 0.3) is 0 Å². The van der Waals surface area contributed by atoms with Crippen LogP contribution in [0.5, 0.6) is 5.75 Å². The Kier molecular flexibility index (Phi) is 6.68. The Morgan fingerprint density at radius 3 is 2.30 bits per heavy atom. The third kappa shape index (κ3) is 4.81. The van der Waals surface area contributed by atoms with Crippen LogP contribution in [0.3, 0.4) is 0 Å². The molecule has 0 aromatic heterocycles. The minimum atomic E-state index is -4.45. The van der Waals surface area contributed by atoms with Crippen LogP contribution < -0.4 is 14.5 Å². The first-order chi connectivity index (χ1) is 17.7. The zero-order chi connectivity index (χ0) is 26.3. The number of amides is 2. The third-order valence-electron chi connectivity index (χ3n) is 7.82. The summed E-state index contributed by atoms with van der Waals surface area (Å²) in [7, 11) is 1.62. The molecule has 0 N–H and O–H groups in total. The van der Waals surface area contributed by atoms with Crippen molar-refractivity contribution in [1.29, 1.82) is 0 Å². The fraction of sp³-hybridized carbons (Fsp3) is 0.481. The van der Waals surface area contributed by atoms with Crippen molar-refractivity contribution >= 4 is 23.2 Å².